The third kappa shape index (κ3) is 1.17. The van der Waals surface area contributed by atoms with E-state index in [0.717, 1.165) is 18.4 Å². The van der Waals surface area contributed by atoms with Crippen LogP contribution in [0, 0.1) is 10.1 Å². The Morgan fingerprint density at radius 3 is 3.07 bits per heavy atom. The van der Waals surface area contributed by atoms with Gasteiger partial charge in [0.15, 0.2) is 0 Å². The normalized spacial score (nSPS) is 31.7. The van der Waals surface area contributed by atoms with Gasteiger partial charge in [-0.1, -0.05) is 22.0 Å². The van der Waals surface area contributed by atoms with Gasteiger partial charge in [0.25, 0.3) is 5.69 Å². The number of nitro groups is 1. The summed E-state index contributed by atoms with van der Waals surface area (Å²) in [4.78, 5) is 10.4. The van der Waals surface area contributed by atoms with E-state index in [4.69, 9.17) is 0 Å². The molecule has 3 rings (SSSR count). The summed E-state index contributed by atoms with van der Waals surface area (Å²) in [6, 6.07) is 5.29. The summed E-state index contributed by atoms with van der Waals surface area (Å²) in [6.07, 6.45) is 3.41. The molecular formula is C11H10BrNO2. The minimum atomic E-state index is -0.317. The van der Waals surface area contributed by atoms with Crippen LogP contribution in [0.25, 0.3) is 0 Å². The second-order valence-electron chi connectivity index (χ2n) is 4.43. The third-order valence-corrected chi connectivity index (χ3v) is 4.78. The highest BCUT2D eigenvalue weighted by Gasteiger charge is 2.47. The largest absolute Gasteiger partial charge is 0.269 e. The summed E-state index contributed by atoms with van der Waals surface area (Å²) in [6.45, 7) is 0. The molecule has 2 aliphatic rings. The lowest BCUT2D eigenvalue weighted by atomic mass is 9.91. The smallest absolute Gasteiger partial charge is 0.258 e. The first-order valence-corrected chi connectivity index (χ1v) is 5.87. The molecule has 2 aliphatic carbocycles. The second-order valence-corrected chi connectivity index (χ2v) is 5.95. The summed E-state index contributed by atoms with van der Waals surface area (Å²) < 4.78 is 0.0268. The molecule has 0 aliphatic heterocycles. The van der Waals surface area contributed by atoms with Gasteiger partial charge >= 0.3 is 0 Å². The number of nitrogens with zero attached hydrogens (tertiary/aromatic N) is 1. The van der Waals surface area contributed by atoms with Crippen LogP contribution in [0.3, 0.4) is 0 Å². The van der Waals surface area contributed by atoms with Crippen LogP contribution in [-0.2, 0) is 4.32 Å². The van der Waals surface area contributed by atoms with E-state index in [1.54, 1.807) is 12.1 Å². The first-order chi connectivity index (χ1) is 7.10. The Balaban J connectivity index is 2.18. The van der Waals surface area contributed by atoms with E-state index in [1.807, 2.05) is 6.07 Å². The highest BCUT2D eigenvalue weighted by atomic mass is 79.9. The molecular weight excluding hydrogens is 258 g/mol. The molecule has 0 aromatic heterocycles. The molecule has 0 amide bonds. The number of fused-ring (bicyclic) bond motifs is 5. The maximum Gasteiger partial charge on any atom is 0.269 e. The Kier molecular flexibility index (Phi) is 1.75. The zero-order valence-corrected chi connectivity index (χ0v) is 9.66. The molecule has 2 atom stereocenters. The van der Waals surface area contributed by atoms with Gasteiger partial charge in [0.2, 0.25) is 0 Å². The molecule has 0 spiro atoms. The molecule has 0 saturated heterocycles. The van der Waals surface area contributed by atoms with Crippen LogP contribution in [-0.4, -0.2) is 4.92 Å². The van der Waals surface area contributed by atoms with E-state index >= 15 is 0 Å². The van der Waals surface area contributed by atoms with Gasteiger partial charge in [-0.3, -0.25) is 10.1 Å². The lowest BCUT2D eigenvalue weighted by Gasteiger charge is -2.21. The minimum absolute atomic E-state index is 0.0268. The molecule has 78 valence electrons. The zero-order chi connectivity index (χ0) is 10.6. The number of non-ortho nitro benzene ring substituents is 1. The van der Waals surface area contributed by atoms with Crippen LogP contribution in [0.2, 0.25) is 0 Å². The Morgan fingerprint density at radius 2 is 2.33 bits per heavy atom. The van der Waals surface area contributed by atoms with Crippen LogP contribution in [0.1, 0.15) is 36.3 Å². The van der Waals surface area contributed by atoms with Crippen molar-refractivity contribution in [2.75, 3.05) is 0 Å². The van der Waals surface area contributed by atoms with Crippen molar-refractivity contribution in [1.82, 2.24) is 0 Å². The maximum atomic E-state index is 10.7. The molecule has 4 heteroatoms. The topological polar surface area (TPSA) is 43.1 Å². The summed E-state index contributed by atoms with van der Waals surface area (Å²) in [7, 11) is 0. The summed E-state index contributed by atoms with van der Waals surface area (Å²) in [5, 5.41) is 10.7. The first kappa shape index (κ1) is 9.33. The van der Waals surface area contributed by atoms with Gasteiger partial charge in [0, 0.05) is 12.1 Å². The highest BCUT2D eigenvalue weighted by Crippen LogP contribution is 2.60. The van der Waals surface area contributed by atoms with Crippen molar-refractivity contribution in [2.45, 2.75) is 29.5 Å². The molecule has 0 heterocycles. The molecule has 2 bridgehead atoms. The van der Waals surface area contributed by atoms with Crippen LogP contribution in [0.5, 0.6) is 0 Å². The molecule has 15 heavy (non-hydrogen) atoms. The minimum Gasteiger partial charge on any atom is -0.258 e. The van der Waals surface area contributed by atoms with Gasteiger partial charge < -0.3 is 0 Å². The number of hydrogen-bond acceptors (Lipinski definition) is 2. The fraction of sp³-hybridized carbons (Fsp3) is 0.455. The Labute approximate surface area is 95.8 Å². The highest BCUT2D eigenvalue weighted by molar-refractivity contribution is 9.09. The van der Waals surface area contributed by atoms with E-state index in [-0.39, 0.29) is 14.9 Å². The van der Waals surface area contributed by atoms with E-state index in [1.165, 1.54) is 12.0 Å². The molecule has 1 aromatic rings. The van der Waals surface area contributed by atoms with Gasteiger partial charge in [0.1, 0.15) is 0 Å². The summed E-state index contributed by atoms with van der Waals surface area (Å²) >= 11 is 3.75. The van der Waals surface area contributed by atoms with Gasteiger partial charge in [0.05, 0.1) is 9.25 Å². The molecule has 1 aromatic carbocycles. The average molecular weight is 268 g/mol. The van der Waals surface area contributed by atoms with Gasteiger partial charge in [-0.2, -0.15) is 0 Å². The van der Waals surface area contributed by atoms with Gasteiger partial charge in [-0.05, 0) is 36.3 Å². The molecule has 0 radical (unpaired) electrons. The van der Waals surface area contributed by atoms with E-state index < -0.39 is 0 Å². The maximum absolute atomic E-state index is 10.7. The number of rotatable bonds is 1. The number of nitro benzene ring substituents is 1. The van der Waals surface area contributed by atoms with Crippen LogP contribution in [0.15, 0.2) is 18.2 Å². The first-order valence-electron chi connectivity index (χ1n) is 5.08. The number of halogens is 1. The average Bonchev–Trinajstić information content (AvgIpc) is 2.72. The van der Waals surface area contributed by atoms with Crippen LogP contribution < -0.4 is 0 Å². The fourth-order valence-corrected chi connectivity index (χ4v) is 3.87. The quantitative estimate of drug-likeness (QED) is 0.444. The lowest BCUT2D eigenvalue weighted by molar-refractivity contribution is -0.384. The standard InChI is InChI=1S/C11H10BrNO2/c12-11-4-3-7(6-11)9-2-1-8(13(14)15)5-10(9)11/h1-2,5,7H,3-4,6H2. The predicted octanol–water partition coefficient (Wildman–Crippen LogP) is 3.47. The fourth-order valence-electron chi connectivity index (χ4n) is 2.91. The lowest BCUT2D eigenvalue weighted by Crippen LogP contribution is -2.11. The van der Waals surface area contributed by atoms with Crippen molar-refractivity contribution in [3.63, 3.8) is 0 Å². The molecule has 0 N–H and O–H groups in total. The van der Waals surface area contributed by atoms with E-state index in [2.05, 4.69) is 15.9 Å². The van der Waals surface area contributed by atoms with Crippen molar-refractivity contribution in [3.05, 3.63) is 39.4 Å². The van der Waals surface area contributed by atoms with Crippen LogP contribution in [0.4, 0.5) is 5.69 Å². The van der Waals surface area contributed by atoms with Gasteiger partial charge in [-0.15, -0.1) is 0 Å². The summed E-state index contributed by atoms with van der Waals surface area (Å²) in [5.74, 6) is 0.611. The molecule has 2 unspecified atom stereocenters. The Bertz CT molecular complexity index is 460. The monoisotopic (exact) mass is 267 g/mol. The Morgan fingerprint density at radius 1 is 1.53 bits per heavy atom. The predicted molar refractivity (Wildman–Crippen MR) is 60.3 cm³/mol. The van der Waals surface area contributed by atoms with E-state index in [0.29, 0.717) is 5.92 Å². The van der Waals surface area contributed by atoms with Crippen molar-refractivity contribution < 1.29 is 4.92 Å². The van der Waals surface area contributed by atoms with Crippen LogP contribution >= 0.6 is 15.9 Å². The number of alkyl halides is 1. The third-order valence-electron chi connectivity index (χ3n) is 3.63. The molecule has 3 nitrogen and oxygen atoms in total. The number of hydrogen-bond donors (Lipinski definition) is 0. The summed E-state index contributed by atoms with van der Waals surface area (Å²) in [5.41, 5.74) is 2.66. The van der Waals surface area contributed by atoms with Crippen molar-refractivity contribution in [2.24, 2.45) is 0 Å². The zero-order valence-electron chi connectivity index (χ0n) is 8.07. The Hall–Kier alpha value is -0.900. The molecule has 1 saturated carbocycles. The van der Waals surface area contributed by atoms with Crippen molar-refractivity contribution >= 4 is 21.6 Å². The number of benzene rings is 1. The van der Waals surface area contributed by atoms with Crippen molar-refractivity contribution in [3.8, 4) is 0 Å². The second kappa shape index (κ2) is 2.82. The SMILES string of the molecule is O=[N+]([O-])c1ccc2c(c1)C1(Br)CCC2C1. The van der Waals surface area contributed by atoms with Crippen molar-refractivity contribution in [1.29, 1.82) is 0 Å². The molecule has 1 fully saturated rings. The van der Waals surface area contributed by atoms with E-state index in [9.17, 15) is 10.1 Å². The van der Waals surface area contributed by atoms with Gasteiger partial charge in [-0.25, -0.2) is 0 Å².